The number of esters is 1. The molecule has 3 heterocycles. The first-order chi connectivity index (χ1) is 15.9. The summed E-state index contributed by atoms with van der Waals surface area (Å²) in [4.78, 5) is 29.1. The second kappa shape index (κ2) is 10.1. The van der Waals surface area contributed by atoms with Crippen molar-refractivity contribution in [2.45, 2.75) is 37.1 Å². The molecule has 0 aliphatic rings. The molecule has 0 aliphatic carbocycles. The summed E-state index contributed by atoms with van der Waals surface area (Å²) in [6.07, 6.45) is 0.572. The van der Waals surface area contributed by atoms with Crippen molar-refractivity contribution in [3.8, 4) is 0 Å². The highest BCUT2D eigenvalue weighted by molar-refractivity contribution is 9.10. The normalized spacial score (nSPS) is 12.2. The van der Waals surface area contributed by atoms with Gasteiger partial charge in [-0.15, -0.1) is 20.4 Å². The standard InChI is InChI=1S/C20H20BrN7O3S2/c1-4-13(18(30)23-20-26-24-14(33-20)9-15(29)31-5-2)32-19-22-17-16(25-27-19)11-8-10(21)6-7-12(11)28(17)3/h6-8,13H,4-5,9H2,1-3H3,(H,23,26,30). The smallest absolute Gasteiger partial charge is 0.312 e. The van der Waals surface area contributed by atoms with E-state index < -0.39 is 5.25 Å². The topological polar surface area (TPSA) is 125 Å². The van der Waals surface area contributed by atoms with Gasteiger partial charge >= 0.3 is 5.97 Å². The Hall–Kier alpha value is -2.64. The van der Waals surface area contributed by atoms with Gasteiger partial charge in [-0.3, -0.25) is 14.9 Å². The van der Waals surface area contributed by atoms with Crippen LogP contribution in [0.3, 0.4) is 0 Å². The number of nitrogens with one attached hydrogen (secondary N) is 1. The highest BCUT2D eigenvalue weighted by atomic mass is 79.9. The Bertz CT molecular complexity index is 1340. The number of anilines is 1. The van der Waals surface area contributed by atoms with Gasteiger partial charge < -0.3 is 9.30 Å². The number of halogens is 1. The van der Waals surface area contributed by atoms with Gasteiger partial charge in [-0.2, -0.15) is 0 Å². The van der Waals surface area contributed by atoms with E-state index in [-0.39, 0.29) is 18.3 Å². The maximum Gasteiger partial charge on any atom is 0.312 e. The minimum atomic E-state index is -0.453. The van der Waals surface area contributed by atoms with Crippen molar-refractivity contribution in [3.05, 3.63) is 27.7 Å². The fourth-order valence-electron chi connectivity index (χ4n) is 3.21. The van der Waals surface area contributed by atoms with Crippen LogP contribution in [0.1, 0.15) is 25.3 Å². The summed E-state index contributed by atoms with van der Waals surface area (Å²) in [5.41, 5.74) is 2.40. The van der Waals surface area contributed by atoms with E-state index in [4.69, 9.17) is 4.74 Å². The van der Waals surface area contributed by atoms with Crippen LogP contribution in [0.25, 0.3) is 22.1 Å². The first-order valence-corrected chi connectivity index (χ1v) is 12.6. The van der Waals surface area contributed by atoms with E-state index in [0.717, 1.165) is 26.7 Å². The molecule has 0 aliphatic heterocycles. The summed E-state index contributed by atoms with van der Waals surface area (Å²) in [5, 5.41) is 21.0. The van der Waals surface area contributed by atoms with Gasteiger partial charge in [0, 0.05) is 16.9 Å². The van der Waals surface area contributed by atoms with Crippen LogP contribution in [0.5, 0.6) is 0 Å². The Morgan fingerprint density at radius 3 is 2.82 bits per heavy atom. The van der Waals surface area contributed by atoms with Gasteiger partial charge in [0.05, 0.1) is 23.8 Å². The number of thioether (sulfide) groups is 1. The summed E-state index contributed by atoms with van der Waals surface area (Å²) < 4.78 is 7.82. The maximum atomic E-state index is 12.8. The first-order valence-electron chi connectivity index (χ1n) is 10.1. The van der Waals surface area contributed by atoms with E-state index in [2.05, 4.69) is 46.6 Å². The summed E-state index contributed by atoms with van der Waals surface area (Å²) >= 11 is 5.87. The van der Waals surface area contributed by atoms with Crippen molar-refractivity contribution >= 4 is 78.1 Å². The highest BCUT2D eigenvalue weighted by Crippen LogP contribution is 2.30. The second-order valence-electron chi connectivity index (χ2n) is 6.97. The number of hydrogen-bond acceptors (Lipinski definition) is 10. The van der Waals surface area contributed by atoms with Crippen molar-refractivity contribution in [2.75, 3.05) is 11.9 Å². The lowest BCUT2D eigenvalue weighted by Gasteiger charge is -2.11. The Morgan fingerprint density at radius 1 is 1.24 bits per heavy atom. The highest BCUT2D eigenvalue weighted by Gasteiger charge is 2.23. The molecular weight excluding hydrogens is 530 g/mol. The minimum Gasteiger partial charge on any atom is -0.466 e. The molecule has 33 heavy (non-hydrogen) atoms. The molecule has 0 bridgehead atoms. The number of nitrogens with zero attached hydrogens (tertiary/aromatic N) is 6. The molecule has 1 aromatic carbocycles. The molecule has 0 saturated heterocycles. The third-order valence-corrected chi connectivity index (χ3v) is 7.30. The van der Waals surface area contributed by atoms with Crippen molar-refractivity contribution in [1.29, 1.82) is 0 Å². The Balaban J connectivity index is 1.48. The molecule has 0 spiro atoms. The lowest BCUT2D eigenvalue weighted by atomic mass is 10.2. The zero-order valence-electron chi connectivity index (χ0n) is 18.0. The fraction of sp³-hybridized carbons (Fsp3) is 0.350. The molecule has 1 N–H and O–H groups in total. The van der Waals surface area contributed by atoms with Crippen LogP contribution in [-0.2, 0) is 27.8 Å². The molecule has 1 unspecified atom stereocenters. The number of benzene rings is 1. The summed E-state index contributed by atoms with van der Waals surface area (Å²) in [7, 11) is 1.93. The maximum absolute atomic E-state index is 12.8. The number of aryl methyl sites for hydroxylation is 1. The monoisotopic (exact) mass is 549 g/mol. The number of carbonyl (C=O) groups excluding carboxylic acids is 2. The average molecular weight is 550 g/mol. The Kier molecular flexibility index (Phi) is 7.20. The van der Waals surface area contributed by atoms with Crippen molar-refractivity contribution in [2.24, 2.45) is 7.05 Å². The predicted molar refractivity (Wildman–Crippen MR) is 130 cm³/mol. The van der Waals surface area contributed by atoms with Gasteiger partial charge in [-0.05, 0) is 31.5 Å². The van der Waals surface area contributed by atoms with Crippen LogP contribution < -0.4 is 5.32 Å². The number of carbonyl (C=O) groups is 2. The molecule has 0 saturated carbocycles. The van der Waals surface area contributed by atoms with Crippen molar-refractivity contribution < 1.29 is 14.3 Å². The van der Waals surface area contributed by atoms with Crippen molar-refractivity contribution in [3.63, 3.8) is 0 Å². The first kappa shape index (κ1) is 23.5. The van der Waals surface area contributed by atoms with Crippen LogP contribution >= 0.6 is 39.0 Å². The van der Waals surface area contributed by atoms with Gasteiger partial charge in [0.1, 0.15) is 10.5 Å². The lowest BCUT2D eigenvalue weighted by molar-refractivity contribution is -0.142. The van der Waals surface area contributed by atoms with E-state index in [9.17, 15) is 9.59 Å². The number of fused-ring (bicyclic) bond motifs is 3. The molecular formula is C20H20BrN7O3S2. The van der Waals surface area contributed by atoms with Crippen LogP contribution in [-0.4, -0.2) is 53.7 Å². The van der Waals surface area contributed by atoms with Gasteiger partial charge in [0.25, 0.3) is 0 Å². The summed E-state index contributed by atoms with van der Waals surface area (Å²) in [5.74, 6) is -0.625. The number of amides is 1. The molecule has 0 fully saturated rings. The molecule has 10 nitrogen and oxygen atoms in total. The summed E-state index contributed by atoms with van der Waals surface area (Å²) in [6, 6.07) is 5.95. The second-order valence-corrected chi connectivity index (χ2v) is 10.1. The van der Waals surface area contributed by atoms with Crippen LogP contribution in [0.2, 0.25) is 0 Å². The van der Waals surface area contributed by atoms with Gasteiger partial charge in [0.2, 0.25) is 16.2 Å². The van der Waals surface area contributed by atoms with Crippen LogP contribution in [0.15, 0.2) is 27.8 Å². The predicted octanol–water partition coefficient (Wildman–Crippen LogP) is 3.75. The van der Waals surface area contributed by atoms with Crippen LogP contribution in [0, 0.1) is 0 Å². The zero-order valence-corrected chi connectivity index (χ0v) is 21.3. The quantitative estimate of drug-likeness (QED) is 0.258. The minimum absolute atomic E-state index is 0.0223. The molecule has 0 radical (unpaired) electrons. The summed E-state index contributed by atoms with van der Waals surface area (Å²) in [6.45, 7) is 3.95. The molecule has 13 heteroatoms. The van der Waals surface area contributed by atoms with Crippen molar-refractivity contribution in [1.82, 2.24) is 29.9 Å². The van der Waals surface area contributed by atoms with E-state index in [1.807, 2.05) is 36.7 Å². The Morgan fingerprint density at radius 2 is 2.06 bits per heavy atom. The molecule has 172 valence electrons. The largest absolute Gasteiger partial charge is 0.466 e. The number of hydrogen-bond donors (Lipinski definition) is 1. The van der Waals surface area contributed by atoms with Gasteiger partial charge in [0.15, 0.2) is 5.65 Å². The third kappa shape index (κ3) is 5.14. The number of aromatic nitrogens is 6. The molecule has 1 amide bonds. The van der Waals surface area contributed by atoms with Gasteiger partial charge in [-0.1, -0.05) is 46.0 Å². The lowest BCUT2D eigenvalue weighted by Crippen LogP contribution is -2.24. The molecule has 1 atom stereocenters. The van der Waals surface area contributed by atoms with E-state index >= 15 is 0 Å². The molecule has 3 aromatic heterocycles. The number of rotatable bonds is 8. The number of ether oxygens (including phenoxy) is 1. The molecule has 4 aromatic rings. The molecule has 4 rings (SSSR count). The Labute approximate surface area is 205 Å². The average Bonchev–Trinajstić information content (AvgIpc) is 3.33. The third-order valence-electron chi connectivity index (χ3n) is 4.75. The zero-order chi connectivity index (χ0) is 23.5. The van der Waals surface area contributed by atoms with E-state index in [1.54, 1.807) is 6.92 Å². The van der Waals surface area contributed by atoms with E-state index in [1.165, 1.54) is 11.8 Å². The van der Waals surface area contributed by atoms with Crippen LogP contribution in [0.4, 0.5) is 5.13 Å². The fourth-order valence-corrected chi connectivity index (χ4v) is 5.12. The van der Waals surface area contributed by atoms with Gasteiger partial charge in [-0.25, -0.2) is 4.98 Å². The van der Waals surface area contributed by atoms with E-state index in [0.29, 0.717) is 39.5 Å². The SMILES string of the molecule is CCOC(=O)Cc1nnc(NC(=O)C(CC)Sc2nnc3c4cc(Br)ccc4n(C)c3n2)s1.